The highest BCUT2D eigenvalue weighted by atomic mass is 19.1. The average Bonchev–Trinajstić information content (AvgIpc) is 2.29. The number of halogens is 1. The maximum atomic E-state index is 13.5. The number of carboxylic acids is 1. The third-order valence-corrected chi connectivity index (χ3v) is 2.76. The van der Waals surface area contributed by atoms with Crippen molar-refractivity contribution in [1.82, 2.24) is 9.88 Å². The number of rotatable bonds is 4. The molecule has 0 atom stereocenters. The number of carbonyl (C=O) groups is 2. The highest BCUT2D eigenvalue weighted by Crippen LogP contribution is 2.19. The molecular formula is C12H15FN2O3. The maximum absolute atomic E-state index is 13.5. The Balaban J connectivity index is 3.16. The highest BCUT2D eigenvalue weighted by molar-refractivity contribution is 5.97. The topological polar surface area (TPSA) is 70.5 Å². The molecule has 0 spiro atoms. The van der Waals surface area contributed by atoms with Crippen molar-refractivity contribution in [3.63, 3.8) is 0 Å². The number of pyridine rings is 1. The van der Waals surface area contributed by atoms with E-state index < -0.39 is 23.2 Å². The number of carbonyl (C=O) groups excluding carboxylic acids is 1. The van der Waals surface area contributed by atoms with Crippen LogP contribution in [0.3, 0.4) is 0 Å². The number of hydrogen-bond donors (Lipinski definition) is 1. The minimum absolute atomic E-state index is 0.167. The molecule has 1 N–H and O–H groups in total. The van der Waals surface area contributed by atoms with Crippen molar-refractivity contribution in [3.05, 3.63) is 29.8 Å². The van der Waals surface area contributed by atoms with E-state index in [-0.39, 0.29) is 12.1 Å². The zero-order valence-corrected chi connectivity index (χ0v) is 10.5. The van der Waals surface area contributed by atoms with E-state index in [1.165, 1.54) is 26.1 Å². The first kappa shape index (κ1) is 14.1. The van der Waals surface area contributed by atoms with Gasteiger partial charge in [0.2, 0.25) is 0 Å². The Morgan fingerprint density at radius 3 is 2.56 bits per heavy atom. The third kappa shape index (κ3) is 2.47. The summed E-state index contributed by atoms with van der Waals surface area (Å²) in [4.78, 5) is 27.9. The number of nitrogens with zero attached hydrogens (tertiary/aromatic N) is 2. The second kappa shape index (κ2) is 5.12. The molecule has 98 valence electrons. The summed E-state index contributed by atoms with van der Waals surface area (Å²) in [5.74, 6) is -2.57. The summed E-state index contributed by atoms with van der Waals surface area (Å²) in [6, 6.07) is 1.23. The smallest absolute Gasteiger partial charge is 0.329 e. The molecule has 0 radical (unpaired) electrons. The van der Waals surface area contributed by atoms with Gasteiger partial charge in [0.15, 0.2) is 5.82 Å². The number of likely N-dealkylation sites (N-methyl/N-ethyl adjacent to an activating group) is 1. The van der Waals surface area contributed by atoms with Gasteiger partial charge < -0.3 is 10.0 Å². The minimum Gasteiger partial charge on any atom is -0.480 e. The van der Waals surface area contributed by atoms with E-state index >= 15 is 0 Å². The van der Waals surface area contributed by atoms with Crippen molar-refractivity contribution < 1.29 is 19.1 Å². The van der Waals surface area contributed by atoms with Crippen LogP contribution in [-0.2, 0) is 4.79 Å². The van der Waals surface area contributed by atoms with Gasteiger partial charge in [-0.2, -0.15) is 0 Å². The Kier molecular flexibility index (Phi) is 4.00. The van der Waals surface area contributed by atoms with Gasteiger partial charge in [-0.3, -0.25) is 9.78 Å². The second-order valence-electron chi connectivity index (χ2n) is 4.27. The lowest BCUT2D eigenvalue weighted by Crippen LogP contribution is -2.53. The number of hydrogen-bond acceptors (Lipinski definition) is 3. The molecule has 18 heavy (non-hydrogen) atoms. The van der Waals surface area contributed by atoms with Gasteiger partial charge in [-0.05, 0) is 26.8 Å². The largest absolute Gasteiger partial charge is 0.480 e. The van der Waals surface area contributed by atoms with Crippen LogP contribution in [-0.4, -0.2) is 39.0 Å². The molecule has 1 heterocycles. The molecule has 0 aliphatic rings. The van der Waals surface area contributed by atoms with Crippen molar-refractivity contribution in [1.29, 1.82) is 0 Å². The number of aromatic nitrogens is 1. The van der Waals surface area contributed by atoms with Gasteiger partial charge in [-0.1, -0.05) is 0 Å². The van der Waals surface area contributed by atoms with Gasteiger partial charge in [0.25, 0.3) is 5.91 Å². The van der Waals surface area contributed by atoms with Crippen LogP contribution in [0.4, 0.5) is 4.39 Å². The van der Waals surface area contributed by atoms with Gasteiger partial charge in [0, 0.05) is 12.7 Å². The van der Waals surface area contributed by atoms with E-state index in [9.17, 15) is 14.0 Å². The van der Waals surface area contributed by atoms with Crippen LogP contribution >= 0.6 is 0 Å². The van der Waals surface area contributed by atoms with Gasteiger partial charge in [0.1, 0.15) is 5.54 Å². The molecule has 0 bridgehead atoms. The van der Waals surface area contributed by atoms with Crippen molar-refractivity contribution in [2.24, 2.45) is 0 Å². The number of carboxylic acid groups (broad SMARTS) is 1. The Hall–Kier alpha value is -1.98. The lowest BCUT2D eigenvalue weighted by molar-refractivity contribution is -0.147. The summed E-state index contributed by atoms with van der Waals surface area (Å²) in [7, 11) is 0. The molecule has 0 saturated heterocycles. The zero-order chi connectivity index (χ0) is 13.9. The lowest BCUT2D eigenvalue weighted by atomic mass is 10.0. The van der Waals surface area contributed by atoms with E-state index in [4.69, 9.17) is 5.11 Å². The predicted octanol–water partition coefficient (Wildman–Crippen LogP) is 1.55. The fourth-order valence-corrected chi connectivity index (χ4v) is 1.60. The normalized spacial score (nSPS) is 11.1. The van der Waals surface area contributed by atoms with E-state index in [0.29, 0.717) is 0 Å². The molecule has 1 amide bonds. The quantitative estimate of drug-likeness (QED) is 0.884. The lowest BCUT2D eigenvalue weighted by Gasteiger charge is -2.34. The predicted molar refractivity (Wildman–Crippen MR) is 62.6 cm³/mol. The van der Waals surface area contributed by atoms with E-state index in [0.717, 1.165) is 11.1 Å². The van der Waals surface area contributed by atoms with Crippen LogP contribution in [0.2, 0.25) is 0 Å². The average molecular weight is 254 g/mol. The fraction of sp³-hybridized carbons (Fsp3) is 0.417. The molecule has 0 aromatic carbocycles. The second-order valence-corrected chi connectivity index (χ2v) is 4.27. The van der Waals surface area contributed by atoms with Crippen LogP contribution < -0.4 is 0 Å². The van der Waals surface area contributed by atoms with Crippen molar-refractivity contribution >= 4 is 11.9 Å². The summed E-state index contributed by atoms with van der Waals surface area (Å²) in [6.07, 6.45) is 2.22. The van der Waals surface area contributed by atoms with Gasteiger partial charge in [0.05, 0.1) is 11.8 Å². The van der Waals surface area contributed by atoms with Crippen LogP contribution in [0.25, 0.3) is 0 Å². The zero-order valence-electron chi connectivity index (χ0n) is 10.5. The van der Waals surface area contributed by atoms with Crippen molar-refractivity contribution in [3.8, 4) is 0 Å². The monoisotopic (exact) mass is 254 g/mol. The Labute approximate surface area is 104 Å². The number of amides is 1. The summed E-state index contributed by atoms with van der Waals surface area (Å²) in [5.41, 5.74) is -1.58. The Bertz CT molecular complexity index is 474. The van der Waals surface area contributed by atoms with Crippen LogP contribution in [0.1, 0.15) is 31.1 Å². The molecule has 0 unspecified atom stereocenters. The standard InChI is InChI=1S/C12H15FN2O3/c1-4-15(12(2,3)11(17)18)10(16)8-5-6-14-7-9(8)13/h5-7H,4H2,1-3H3,(H,17,18). The van der Waals surface area contributed by atoms with Crippen LogP contribution in [0.5, 0.6) is 0 Å². The van der Waals surface area contributed by atoms with Gasteiger partial charge in [-0.15, -0.1) is 0 Å². The van der Waals surface area contributed by atoms with Crippen molar-refractivity contribution in [2.75, 3.05) is 6.54 Å². The third-order valence-electron chi connectivity index (χ3n) is 2.76. The highest BCUT2D eigenvalue weighted by Gasteiger charge is 2.37. The first-order chi connectivity index (χ1) is 8.32. The van der Waals surface area contributed by atoms with Crippen LogP contribution in [0.15, 0.2) is 18.5 Å². The molecule has 5 nitrogen and oxygen atoms in total. The molecular weight excluding hydrogens is 239 g/mol. The minimum atomic E-state index is -1.40. The van der Waals surface area contributed by atoms with Crippen LogP contribution in [0, 0.1) is 5.82 Å². The molecule has 6 heteroatoms. The fourth-order valence-electron chi connectivity index (χ4n) is 1.60. The molecule has 1 aromatic heterocycles. The summed E-state index contributed by atoms with van der Waals surface area (Å²) >= 11 is 0. The molecule has 1 rings (SSSR count). The molecule has 0 aliphatic heterocycles. The van der Waals surface area contributed by atoms with Gasteiger partial charge >= 0.3 is 5.97 Å². The first-order valence-corrected chi connectivity index (χ1v) is 5.47. The molecule has 0 saturated carbocycles. The molecule has 0 fully saturated rings. The first-order valence-electron chi connectivity index (χ1n) is 5.47. The summed E-state index contributed by atoms with van der Waals surface area (Å²) in [5, 5.41) is 9.11. The Morgan fingerprint density at radius 1 is 1.50 bits per heavy atom. The SMILES string of the molecule is CCN(C(=O)c1ccncc1F)C(C)(C)C(=O)O. The Morgan fingerprint density at radius 2 is 2.11 bits per heavy atom. The van der Waals surface area contributed by atoms with Crippen molar-refractivity contribution in [2.45, 2.75) is 26.3 Å². The molecule has 1 aromatic rings. The van der Waals surface area contributed by atoms with E-state index in [1.54, 1.807) is 6.92 Å². The van der Waals surface area contributed by atoms with E-state index in [1.807, 2.05) is 0 Å². The van der Waals surface area contributed by atoms with Gasteiger partial charge in [-0.25, -0.2) is 9.18 Å². The number of aliphatic carboxylic acids is 1. The maximum Gasteiger partial charge on any atom is 0.329 e. The summed E-state index contributed by atoms with van der Waals surface area (Å²) < 4.78 is 13.5. The summed E-state index contributed by atoms with van der Waals surface area (Å²) in [6.45, 7) is 4.60. The van der Waals surface area contributed by atoms with E-state index in [2.05, 4.69) is 4.98 Å². The molecule has 0 aliphatic carbocycles.